The van der Waals surface area contributed by atoms with Crippen LogP contribution in [0, 0.1) is 0 Å². The van der Waals surface area contributed by atoms with Crippen LogP contribution >= 0.6 is 11.3 Å². The average Bonchev–Trinajstić information content (AvgIpc) is 3.23. The fourth-order valence-electron chi connectivity index (χ4n) is 3.60. The molecule has 1 aliphatic heterocycles. The van der Waals surface area contributed by atoms with Gasteiger partial charge in [0.25, 0.3) is 5.91 Å². The van der Waals surface area contributed by atoms with Gasteiger partial charge in [0, 0.05) is 18.3 Å². The van der Waals surface area contributed by atoms with E-state index in [-0.39, 0.29) is 17.9 Å². The van der Waals surface area contributed by atoms with Crippen molar-refractivity contribution >= 4 is 23.2 Å². The Kier molecular flexibility index (Phi) is 7.66. The number of ether oxygens (including phenoxy) is 1. The molecule has 0 spiro atoms. The summed E-state index contributed by atoms with van der Waals surface area (Å²) in [5.41, 5.74) is 1.19. The first-order chi connectivity index (χ1) is 14.1. The number of carbonyl (C=O) groups is 2. The van der Waals surface area contributed by atoms with E-state index in [1.807, 2.05) is 24.3 Å². The summed E-state index contributed by atoms with van der Waals surface area (Å²) < 4.78 is 5.28. The zero-order chi connectivity index (χ0) is 20.6. The number of hydrogen-bond donors (Lipinski definition) is 2. The first-order valence-electron chi connectivity index (χ1n) is 10.1. The van der Waals surface area contributed by atoms with Gasteiger partial charge in [-0.15, -0.1) is 11.3 Å². The largest absolute Gasteiger partial charge is 0.497 e. The summed E-state index contributed by atoms with van der Waals surface area (Å²) in [6, 6.07) is 12.0. The lowest BCUT2D eigenvalue weighted by atomic mass is 10.0. The van der Waals surface area contributed by atoms with Crippen molar-refractivity contribution in [3.05, 3.63) is 51.7 Å². The lowest BCUT2D eigenvalue weighted by Crippen LogP contribution is -2.40. The molecule has 1 unspecified atom stereocenters. The minimum atomic E-state index is -0.0757. The monoisotopic (exact) mass is 415 g/mol. The number of carbonyl (C=O) groups excluding carboxylic acids is 2. The highest BCUT2D eigenvalue weighted by atomic mass is 32.1. The third kappa shape index (κ3) is 6.05. The minimum Gasteiger partial charge on any atom is -0.497 e. The number of benzene rings is 1. The van der Waals surface area contributed by atoms with Crippen LogP contribution in [0.15, 0.2) is 36.4 Å². The molecule has 0 saturated carbocycles. The second kappa shape index (κ2) is 10.4. The molecule has 1 aromatic heterocycles. The molecule has 7 heteroatoms. The molecule has 1 aromatic carbocycles. The summed E-state index contributed by atoms with van der Waals surface area (Å²) in [6.07, 6.45) is 3.65. The van der Waals surface area contributed by atoms with E-state index in [1.54, 1.807) is 7.11 Å². The van der Waals surface area contributed by atoms with Crippen LogP contribution in [0.1, 0.15) is 52.3 Å². The number of nitrogens with one attached hydrogen (secondary N) is 2. The number of likely N-dealkylation sites (tertiary alicyclic amines) is 1. The summed E-state index contributed by atoms with van der Waals surface area (Å²) in [7, 11) is 1.67. The molecule has 3 rings (SSSR count). The van der Waals surface area contributed by atoms with Gasteiger partial charge in [-0.25, -0.2) is 0 Å². The summed E-state index contributed by atoms with van der Waals surface area (Å²) >= 11 is 1.41. The first kappa shape index (κ1) is 21.3. The molecule has 2 N–H and O–H groups in total. The van der Waals surface area contributed by atoms with Crippen molar-refractivity contribution in [2.24, 2.45) is 0 Å². The zero-order valence-corrected chi connectivity index (χ0v) is 17.9. The predicted molar refractivity (Wildman–Crippen MR) is 115 cm³/mol. The highest BCUT2D eigenvalue weighted by Crippen LogP contribution is 2.26. The Balaban J connectivity index is 1.65. The van der Waals surface area contributed by atoms with Gasteiger partial charge in [-0.3, -0.25) is 14.5 Å². The van der Waals surface area contributed by atoms with Gasteiger partial charge >= 0.3 is 0 Å². The van der Waals surface area contributed by atoms with Gasteiger partial charge in [0.05, 0.1) is 24.6 Å². The Morgan fingerprint density at radius 3 is 2.45 bits per heavy atom. The fourth-order valence-corrected chi connectivity index (χ4v) is 4.46. The molecule has 2 amide bonds. The van der Waals surface area contributed by atoms with Crippen LogP contribution in [-0.2, 0) is 11.3 Å². The van der Waals surface area contributed by atoms with Crippen LogP contribution in [-0.4, -0.2) is 43.5 Å². The number of hydrogen-bond acceptors (Lipinski definition) is 5. The number of thiophene rings is 1. The van der Waals surface area contributed by atoms with E-state index >= 15 is 0 Å². The van der Waals surface area contributed by atoms with Gasteiger partial charge in [0.15, 0.2) is 0 Å². The molecule has 1 atom stereocenters. The van der Waals surface area contributed by atoms with Crippen LogP contribution in [0.3, 0.4) is 0 Å². The smallest absolute Gasteiger partial charge is 0.261 e. The molecule has 1 fully saturated rings. The zero-order valence-electron chi connectivity index (χ0n) is 17.1. The Labute approximate surface area is 176 Å². The predicted octanol–water partition coefficient (Wildman–Crippen LogP) is 3.35. The summed E-state index contributed by atoms with van der Waals surface area (Å²) in [5.74, 6) is 0.688. The van der Waals surface area contributed by atoms with E-state index in [0.717, 1.165) is 23.7 Å². The van der Waals surface area contributed by atoms with E-state index in [0.29, 0.717) is 18.0 Å². The molecule has 156 valence electrons. The summed E-state index contributed by atoms with van der Waals surface area (Å²) in [4.78, 5) is 27.8. The number of piperidine rings is 1. The third-order valence-corrected chi connectivity index (χ3v) is 6.27. The van der Waals surface area contributed by atoms with Crippen molar-refractivity contribution in [3.63, 3.8) is 0 Å². The van der Waals surface area contributed by atoms with E-state index in [2.05, 4.69) is 27.7 Å². The van der Waals surface area contributed by atoms with E-state index in [1.165, 1.54) is 43.1 Å². The van der Waals surface area contributed by atoms with Gasteiger partial charge in [-0.1, -0.05) is 18.6 Å². The Morgan fingerprint density at radius 1 is 1.07 bits per heavy atom. The summed E-state index contributed by atoms with van der Waals surface area (Å²) in [5, 5.41) is 5.87. The van der Waals surface area contributed by atoms with Crippen molar-refractivity contribution in [1.82, 2.24) is 15.5 Å². The Bertz CT molecular complexity index is 813. The number of nitrogens with zero attached hydrogens (tertiary/aromatic N) is 1. The van der Waals surface area contributed by atoms with Crippen LogP contribution in [0.25, 0.3) is 0 Å². The maximum atomic E-state index is 12.7. The Morgan fingerprint density at radius 2 is 1.79 bits per heavy atom. The van der Waals surface area contributed by atoms with Gasteiger partial charge in [0.2, 0.25) is 5.91 Å². The molecule has 6 nitrogen and oxygen atoms in total. The van der Waals surface area contributed by atoms with Crippen molar-refractivity contribution in [2.45, 2.75) is 38.8 Å². The SMILES string of the molecule is COc1ccc(C(CNC(=O)c2ccc(CNC(C)=O)s2)N2CCCCC2)cc1. The molecule has 0 radical (unpaired) electrons. The molecule has 1 saturated heterocycles. The standard InChI is InChI=1S/C22H29N3O3S/c1-16(26)23-14-19-10-11-21(29-19)22(27)24-15-20(25-12-4-3-5-13-25)17-6-8-18(28-2)9-7-17/h6-11,20H,3-5,12-15H2,1-2H3,(H,23,26)(H,24,27). The first-order valence-corrected chi connectivity index (χ1v) is 10.9. The topological polar surface area (TPSA) is 70.7 Å². The highest BCUT2D eigenvalue weighted by Gasteiger charge is 2.23. The molecule has 29 heavy (non-hydrogen) atoms. The van der Waals surface area contributed by atoms with E-state index in [9.17, 15) is 9.59 Å². The molecular formula is C22H29N3O3S. The summed E-state index contributed by atoms with van der Waals surface area (Å²) in [6.45, 7) is 4.60. The number of methoxy groups -OCH3 is 1. The van der Waals surface area contributed by atoms with E-state index < -0.39 is 0 Å². The lowest BCUT2D eigenvalue weighted by molar-refractivity contribution is -0.119. The van der Waals surface area contributed by atoms with E-state index in [4.69, 9.17) is 4.74 Å². The number of rotatable bonds is 8. The lowest BCUT2D eigenvalue weighted by Gasteiger charge is -2.35. The second-order valence-corrected chi connectivity index (χ2v) is 8.44. The normalized spacial score (nSPS) is 15.5. The number of amides is 2. The molecule has 2 aromatic rings. The highest BCUT2D eigenvalue weighted by molar-refractivity contribution is 7.14. The van der Waals surface area contributed by atoms with Crippen molar-refractivity contribution in [2.75, 3.05) is 26.7 Å². The molecular weight excluding hydrogens is 386 g/mol. The van der Waals surface area contributed by atoms with Gasteiger partial charge in [0.1, 0.15) is 5.75 Å². The van der Waals surface area contributed by atoms with Crippen LogP contribution < -0.4 is 15.4 Å². The van der Waals surface area contributed by atoms with Gasteiger partial charge in [-0.2, -0.15) is 0 Å². The van der Waals surface area contributed by atoms with Crippen molar-refractivity contribution < 1.29 is 14.3 Å². The second-order valence-electron chi connectivity index (χ2n) is 7.27. The molecule has 2 heterocycles. The minimum absolute atomic E-state index is 0.0698. The van der Waals surface area contributed by atoms with Crippen molar-refractivity contribution in [3.8, 4) is 5.75 Å². The third-order valence-electron chi connectivity index (χ3n) is 5.18. The van der Waals surface area contributed by atoms with Crippen molar-refractivity contribution in [1.29, 1.82) is 0 Å². The van der Waals surface area contributed by atoms with Crippen LogP contribution in [0.4, 0.5) is 0 Å². The maximum absolute atomic E-state index is 12.7. The quantitative estimate of drug-likeness (QED) is 0.694. The fraction of sp³-hybridized carbons (Fsp3) is 0.455. The Hall–Kier alpha value is -2.38. The molecule has 0 aliphatic carbocycles. The van der Waals surface area contributed by atoms with Gasteiger partial charge < -0.3 is 15.4 Å². The maximum Gasteiger partial charge on any atom is 0.261 e. The average molecular weight is 416 g/mol. The van der Waals surface area contributed by atoms with Crippen LogP contribution in [0.5, 0.6) is 5.75 Å². The van der Waals surface area contributed by atoms with Crippen LogP contribution in [0.2, 0.25) is 0 Å². The molecule has 0 bridgehead atoms. The van der Waals surface area contributed by atoms with Gasteiger partial charge in [-0.05, 0) is 55.8 Å². The molecule has 1 aliphatic rings.